The Balaban J connectivity index is 2.02. The highest BCUT2D eigenvalue weighted by Crippen LogP contribution is 2.08. The zero-order valence-corrected chi connectivity index (χ0v) is 10.7. The number of aromatic nitrogens is 2. The van der Waals surface area contributed by atoms with Gasteiger partial charge in [0.2, 0.25) is 5.91 Å². The monoisotopic (exact) mass is 236 g/mol. The van der Waals surface area contributed by atoms with Crippen molar-refractivity contribution in [2.45, 2.75) is 33.4 Å². The number of hydrogen-bond donors (Lipinski definition) is 1. The largest absolute Gasteiger partial charge is 0.336 e. The minimum atomic E-state index is 0.158. The van der Waals surface area contributed by atoms with Crippen LogP contribution in [0.2, 0.25) is 0 Å². The van der Waals surface area contributed by atoms with Crippen LogP contribution in [-0.2, 0) is 11.3 Å². The van der Waals surface area contributed by atoms with Gasteiger partial charge in [0.15, 0.2) is 0 Å². The molecule has 1 saturated heterocycles. The maximum absolute atomic E-state index is 12.2. The van der Waals surface area contributed by atoms with Crippen LogP contribution >= 0.6 is 0 Å². The summed E-state index contributed by atoms with van der Waals surface area (Å²) >= 11 is 0. The van der Waals surface area contributed by atoms with E-state index in [4.69, 9.17) is 0 Å². The molecule has 1 N–H and O–H groups in total. The summed E-state index contributed by atoms with van der Waals surface area (Å²) in [5, 5.41) is 7.52. The third-order valence-corrected chi connectivity index (χ3v) is 3.25. The Kier molecular flexibility index (Phi) is 3.47. The number of nitrogens with one attached hydrogen (secondary N) is 1. The molecule has 1 aromatic rings. The lowest BCUT2D eigenvalue weighted by molar-refractivity contribution is -0.135. The Morgan fingerprint density at radius 1 is 1.59 bits per heavy atom. The number of hydrogen-bond acceptors (Lipinski definition) is 3. The van der Waals surface area contributed by atoms with E-state index in [1.807, 2.05) is 31.7 Å². The second-order valence-electron chi connectivity index (χ2n) is 4.58. The first-order chi connectivity index (χ1) is 8.11. The number of nitrogens with zero attached hydrogens (tertiary/aromatic N) is 3. The molecule has 94 valence electrons. The van der Waals surface area contributed by atoms with E-state index >= 15 is 0 Å². The summed E-state index contributed by atoms with van der Waals surface area (Å²) in [5.41, 5.74) is 2.00. The van der Waals surface area contributed by atoms with Crippen molar-refractivity contribution >= 4 is 5.91 Å². The van der Waals surface area contributed by atoms with Gasteiger partial charge in [-0.25, -0.2) is 0 Å². The first-order valence-electron chi connectivity index (χ1n) is 6.13. The highest BCUT2D eigenvalue weighted by Gasteiger charge is 2.27. The van der Waals surface area contributed by atoms with E-state index in [1.165, 1.54) is 0 Å². The topological polar surface area (TPSA) is 50.2 Å². The summed E-state index contributed by atoms with van der Waals surface area (Å²) in [6.45, 7) is 8.90. The SMILES string of the molecule is CCN(C(=O)Cn1nc(C)cc1C)C1CNC1. The molecule has 2 rings (SSSR count). The normalized spacial score (nSPS) is 15.7. The van der Waals surface area contributed by atoms with Gasteiger partial charge >= 0.3 is 0 Å². The van der Waals surface area contributed by atoms with Gasteiger partial charge in [-0.3, -0.25) is 9.48 Å². The van der Waals surface area contributed by atoms with Gasteiger partial charge in [0.05, 0.1) is 11.7 Å². The summed E-state index contributed by atoms with van der Waals surface area (Å²) in [7, 11) is 0. The summed E-state index contributed by atoms with van der Waals surface area (Å²) in [5.74, 6) is 0.158. The molecule has 5 nitrogen and oxygen atoms in total. The molecule has 1 aromatic heterocycles. The zero-order chi connectivity index (χ0) is 12.4. The first kappa shape index (κ1) is 12.1. The third kappa shape index (κ3) is 2.49. The molecule has 0 aliphatic carbocycles. The number of likely N-dealkylation sites (N-methyl/N-ethyl adjacent to an activating group) is 1. The molecule has 1 fully saturated rings. The van der Waals surface area contributed by atoms with E-state index < -0.39 is 0 Å². The number of rotatable bonds is 4. The molecular weight excluding hydrogens is 216 g/mol. The smallest absolute Gasteiger partial charge is 0.244 e. The minimum Gasteiger partial charge on any atom is -0.336 e. The van der Waals surface area contributed by atoms with Crippen LogP contribution in [0.1, 0.15) is 18.3 Å². The van der Waals surface area contributed by atoms with Crippen LogP contribution in [0.5, 0.6) is 0 Å². The number of amides is 1. The molecule has 2 heterocycles. The van der Waals surface area contributed by atoms with Gasteiger partial charge in [-0.05, 0) is 26.8 Å². The Bertz CT molecular complexity index is 409. The van der Waals surface area contributed by atoms with Gasteiger partial charge in [0.25, 0.3) is 0 Å². The summed E-state index contributed by atoms with van der Waals surface area (Å²) in [4.78, 5) is 14.1. The van der Waals surface area contributed by atoms with Crippen molar-refractivity contribution in [3.63, 3.8) is 0 Å². The zero-order valence-electron chi connectivity index (χ0n) is 10.7. The van der Waals surface area contributed by atoms with Crippen molar-refractivity contribution in [2.24, 2.45) is 0 Å². The van der Waals surface area contributed by atoms with Crippen molar-refractivity contribution in [2.75, 3.05) is 19.6 Å². The Morgan fingerprint density at radius 3 is 2.71 bits per heavy atom. The Labute approximate surface area is 102 Å². The molecule has 0 spiro atoms. The fourth-order valence-electron chi connectivity index (χ4n) is 2.19. The lowest BCUT2D eigenvalue weighted by atomic mass is 10.1. The van der Waals surface area contributed by atoms with Crippen LogP contribution in [0.4, 0.5) is 0 Å². The van der Waals surface area contributed by atoms with Crippen molar-refractivity contribution in [3.05, 3.63) is 17.5 Å². The third-order valence-electron chi connectivity index (χ3n) is 3.25. The Morgan fingerprint density at radius 2 is 2.29 bits per heavy atom. The van der Waals surface area contributed by atoms with Crippen LogP contribution in [-0.4, -0.2) is 46.3 Å². The van der Waals surface area contributed by atoms with E-state index in [1.54, 1.807) is 4.68 Å². The van der Waals surface area contributed by atoms with E-state index in [0.717, 1.165) is 31.0 Å². The molecular formula is C12H20N4O. The fourth-order valence-corrected chi connectivity index (χ4v) is 2.19. The second kappa shape index (κ2) is 4.87. The van der Waals surface area contributed by atoms with Gasteiger partial charge in [-0.2, -0.15) is 5.10 Å². The van der Waals surface area contributed by atoms with Crippen LogP contribution in [0.25, 0.3) is 0 Å². The molecule has 0 atom stereocenters. The first-order valence-corrected chi connectivity index (χ1v) is 6.13. The average Bonchev–Trinajstić information content (AvgIpc) is 2.50. The Hall–Kier alpha value is -1.36. The fraction of sp³-hybridized carbons (Fsp3) is 0.667. The van der Waals surface area contributed by atoms with Crippen LogP contribution < -0.4 is 5.32 Å². The molecule has 0 aromatic carbocycles. The molecule has 0 radical (unpaired) electrons. The highest BCUT2D eigenvalue weighted by atomic mass is 16.2. The number of carbonyl (C=O) groups excluding carboxylic acids is 1. The number of aryl methyl sites for hydroxylation is 2. The van der Waals surface area contributed by atoms with Gasteiger partial charge < -0.3 is 10.2 Å². The molecule has 0 bridgehead atoms. The predicted octanol–water partition coefficient (Wildman–Crippen LogP) is 0.320. The van der Waals surface area contributed by atoms with E-state index in [0.29, 0.717) is 12.6 Å². The number of carbonyl (C=O) groups is 1. The quantitative estimate of drug-likeness (QED) is 0.819. The van der Waals surface area contributed by atoms with Crippen molar-refractivity contribution in [1.29, 1.82) is 0 Å². The van der Waals surface area contributed by atoms with E-state index in [-0.39, 0.29) is 5.91 Å². The van der Waals surface area contributed by atoms with Crippen LogP contribution in [0.3, 0.4) is 0 Å². The van der Waals surface area contributed by atoms with Gasteiger partial charge in [0, 0.05) is 25.3 Å². The van der Waals surface area contributed by atoms with Crippen molar-refractivity contribution < 1.29 is 4.79 Å². The summed E-state index contributed by atoms with van der Waals surface area (Å²) < 4.78 is 1.78. The molecule has 0 unspecified atom stereocenters. The molecule has 17 heavy (non-hydrogen) atoms. The second-order valence-corrected chi connectivity index (χ2v) is 4.58. The van der Waals surface area contributed by atoms with Gasteiger partial charge in [-0.15, -0.1) is 0 Å². The van der Waals surface area contributed by atoms with Crippen LogP contribution in [0.15, 0.2) is 6.07 Å². The molecule has 1 amide bonds. The van der Waals surface area contributed by atoms with Gasteiger partial charge in [-0.1, -0.05) is 0 Å². The molecule has 0 saturated carbocycles. The summed E-state index contributed by atoms with van der Waals surface area (Å²) in [6.07, 6.45) is 0. The molecule has 1 aliphatic rings. The van der Waals surface area contributed by atoms with Crippen molar-refractivity contribution in [1.82, 2.24) is 20.0 Å². The average molecular weight is 236 g/mol. The lowest BCUT2D eigenvalue weighted by Gasteiger charge is -2.37. The molecule has 1 aliphatic heterocycles. The van der Waals surface area contributed by atoms with Crippen LogP contribution in [0, 0.1) is 13.8 Å². The maximum atomic E-state index is 12.2. The summed E-state index contributed by atoms with van der Waals surface area (Å²) in [6, 6.07) is 2.36. The standard InChI is InChI=1S/C12H20N4O/c1-4-15(11-6-13-7-11)12(17)8-16-10(3)5-9(2)14-16/h5,11,13H,4,6-8H2,1-3H3. The van der Waals surface area contributed by atoms with Gasteiger partial charge in [0.1, 0.15) is 6.54 Å². The van der Waals surface area contributed by atoms with E-state index in [2.05, 4.69) is 10.4 Å². The molecule has 5 heteroatoms. The maximum Gasteiger partial charge on any atom is 0.244 e. The van der Waals surface area contributed by atoms with Crippen molar-refractivity contribution in [3.8, 4) is 0 Å². The highest BCUT2D eigenvalue weighted by molar-refractivity contribution is 5.76. The predicted molar refractivity (Wildman–Crippen MR) is 65.7 cm³/mol. The minimum absolute atomic E-state index is 0.158. The van der Waals surface area contributed by atoms with E-state index in [9.17, 15) is 4.79 Å². The lowest BCUT2D eigenvalue weighted by Crippen LogP contribution is -2.59.